The first kappa shape index (κ1) is 12.1. The van der Waals surface area contributed by atoms with Gasteiger partial charge in [0.1, 0.15) is 0 Å². The number of carbonyl (C=O) groups excluding carboxylic acids is 1. The number of nitrogens with one attached hydrogen (secondary N) is 1. The van der Waals surface area contributed by atoms with Gasteiger partial charge in [0.25, 0.3) is 0 Å². The predicted octanol–water partition coefficient (Wildman–Crippen LogP) is 3.00. The number of benzene rings is 1. The van der Waals surface area contributed by atoms with Gasteiger partial charge in [-0.25, -0.2) is 5.43 Å². The van der Waals surface area contributed by atoms with E-state index < -0.39 is 0 Å². The van der Waals surface area contributed by atoms with E-state index in [1.54, 1.807) is 17.6 Å². The smallest absolute Gasteiger partial charge is 0.243 e. The molecule has 3 nitrogen and oxygen atoms in total. The fraction of sp³-hybridized carbons (Fsp3) is 0.200. The summed E-state index contributed by atoms with van der Waals surface area (Å²) in [6.45, 7) is 0. The number of nitrogens with zero attached hydrogens (tertiary/aromatic N) is 1. The van der Waals surface area contributed by atoms with Gasteiger partial charge in [0.2, 0.25) is 5.91 Å². The summed E-state index contributed by atoms with van der Waals surface area (Å²) in [5.41, 5.74) is 4.87. The molecule has 0 aliphatic heterocycles. The van der Waals surface area contributed by atoms with Gasteiger partial charge < -0.3 is 0 Å². The Morgan fingerprint density at radius 3 is 2.89 bits per heavy atom. The van der Waals surface area contributed by atoms with Crippen LogP contribution in [0.15, 0.2) is 52.3 Å². The minimum Gasteiger partial charge on any atom is -0.273 e. The van der Waals surface area contributed by atoms with Crippen molar-refractivity contribution in [1.82, 2.24) is 5.43 Å². The first-order valence-electron chi connectivity index (χ1n) is 6.24. The Balaban J connectivity index is 1.53. The Morgan fingerprint density at radius 1 is 1.32 bits per heavy atom. The quantitative estimate of drug-likeness (QED) is 0.673. The first-order chi connectivity index (χ1) is 9.34. The molecule has 1 aliphatic rings. The monoisotopic (exact) mass is 270 g/mol. The fourth-order valence-corrected chi connectivity index (χ4v) is 2.77. The highest BCUT2D eigenvalue weighted by Gasteiger charge is 2.43. The van der Waals surface area contributed by atoms with Gasteiger partial charge in [-0.3, -0.25) is 4.79 Å². The van der Waals surface area contributed by atoms with Gasteiger partial charge in [0.15, 0.2) is 0 Å². The van der Waals surface area contributed by atoms with E-state index in [9.17, 15) is 4.79 Å². The first-order valence-corrected chi connectivity index (χ1v) is 7.19. The molecule has 1 N–H and O–H groups in total. The summed E-state index contributed by atoms with van der Waals surface area (Å²) in [5.74, 6) is 0.444. The highest BCUT2D eigenvalue weighted by atomic mass is 32.1. The van der Waals surface area contributed by atoms with Crippen molar-refractivity contribution >= 4 is 23.5 Å². The van der Waals surface area contributed by atoms with Crippen molar-refractivity contribution in [3.63, 3.8) is 0 Å². The van der Waals surface area contributed by atoms with E-state index in [0.717, 1.165) is 12.0 Å². The Labute approximate surface area is 116 Å². The number of amides is 1. The zero-order chi connectivity index (χ0) is 13.1. The lowest BCUT2D eigenvalue weighted by Gasteiger charge is -1.99. The third-order valence-electron chi connectivity index (χ3n) is 3.29. The van der Waals surface area contributed by atoms with Crippen LogP contribution >= 0.6 is 11.3 Å². The predicted molar refractivity (Wildman–Crippen MR) is 77.3 cm³/mol. The van der Waals surface area contributed by atoms with E-state index in [-0.39, 0.29) is 11.8 Å². The molecule has 0 spiro atoms. The topological polar surface area (TPSA) is 41.5 Å². The molecule has 96 valence electrons. The van der Waals surface area contributed by atoms with Gasteiger partial charge in [-0.2, -0.15) is 16.4 Å². The molecule has 0 bridgehead atoms. The molecule has 1 aliphatic carbocycles. The summed E-state index contributed by atoms with van der Waals surface area (Å²) in [4.78, 5) is 11.9. The van der Waals surface area contributed by atoms with Crippen molar-refractivity contribution in [2.45, 2.75) is 12.3 Å². The van der Waals surface area contributed by atoms with E-state index in [1.807, 2.05) is 35.0 Å². The zero-order valence-corrected chi connectivity index (χ0v) is 11.1. The number of thiophene rings is 1. The van der Waals surface area contributed by atoms with Crippen LogP contribution < -0.4 is 5.43 Å². The van der Waals surface area contributed by atoms with Crippen molar-refractivity contribution in [3.05, 3.63) is 58.3 Å². The maximum Gasteiger partial charge on any atom is 0.243 e. The standard InChI is InChI=1S/C15H14N2OS/c18-15(17-16-9-11-6-7-19-10-11)14-8-13(14)12-4-2-1-3-5-12/h1-7,9-10,13-14H,8H2,(H,17,18)/b16-9-/t13-,14+/m0/s1. The van der Waals surface area contributed by atoms with Crippen molar-refractivity contribution in [2.75, 3.05) is 0 Å². The Morgan fingerprint density at radius 2 is 2.16 bits per heavy atom. The van der Waals surface area contributed by atoms with Crippen LogP contribution in [0.3, 0.4) is 0 Å². The lowest BCUT2D eigenvalue weighted by molar-refractivity contribution is -0.122. The van der Waals surface area contributed by atoms with E-state index in [1.165, 1.54) is 5.56 Å². The Bertz CT molecular complexity index is 577. The zero-order valence-electron chi connectivity index (χ0n) is 10.3. The van der Waals surface area contributed by atoms with Crippen molar-refractivity contribution in [2.24, 2.45) is 11.0 Å². The van der Waals surface area contributed by atoms with E-state index in [2.05, 4.69) is 22.7 Å². The molecule has 1 aromatic carbocycles. The van der Waals surface area contributed by atoms with Gasteiger partial charge in [-0.1, -0.05) is 30.3 Å². The molecule has 0 saturated heterocycles. The molecule has 0 radical (unpaired) electrons. The number of hydrogen-bond donors (Lipinski definition) is 1. The molecule has 1 fully saturated rings. The second kappa shape index (κ2) is 5.36. The molecule has 19 heavy (non-hydrogen) atoms. The lowest BCUT2D eigenvalue weighted by atomic mass is 10.1. The van der Waals surface area contributed by atoms with Gasteiger partial charge in [-0.15, -0.1) is 0 Å². The molecule has 0 unspecified atom stereocenters. The highest BCUT2D eigenvalue weighted by Crippen LogP contribution is 2.47. The second-order valence-electron chi connectivity index (χ2n) is 4.65. The van der Waals surface area contributed by atoms with Crippen molar-refractivity contribution in [3.8, 4) is 0 Å². The van der Waals surface area contributed by atoms with E-state index in [0.29, 0.717) is 5.92 Å². The molecule has 2 aromatic rings. The average molecular weight is 270 g/mol. The lowest BCUT2D eigenvalue weighted by Crippen LogP contribution is -2.20. The van der Waals surface area contributed by atoms with E-state index in [4.69, 9.17) is 0 Å². The van der Waals surface area contributed by atoms with Crippen LogP contribution in [-0.4, -0.2) is 12.1 Å². The molecule has 1 saturated carbocycles. The third-order valence-corrected chi connectivity index (χ3v) is 3.99. The molecule has 2 atom stereocenters. The Hall–Kier alpha value is -1.94. The minimum absolute atomic E-state index is 0.0142. The molecular weight excluding hydrogens is 256 g/mol. The summed E-state index contributed by atoms with van der Waals surface area (Å²) in [6, 6.07) is 12.1. The molecule has 1 amide bonds. The molecule has 1 heterocycles. The van der Waals surface area contributed by atoms with Crippen LogP contribution in [0.5, 0.6) is 0 Å². The van der Waals surface area contributed by atoms with Crippen LogP contribution in [0.2, 0.25) is 0 Å². The number of hydrazone groups is 1. The van der Waals surface area contributed by atoms with Crippen LogP contribution in [0.4, 0.5) is 0 Å². The van der Waals surface area contributed by atoms with Crippen molar-refractivity contribution in [1.29, 1.82) is 0 Å². The van der Waals surface area contributed by atoms with Gasteiger partial charge in [0.05, 0.1) is 6.21 Å². The van der Waals surface area contributed by atoms with Crippen LogP contribution in [0, 0.1) is 5.92 Å². The molecular formula is C15H14N2OS. The second-order valence-corrected chi connectivity index (χ2v) is 5.43. The Kier molecular flexibility index (Phi) is 3.42. The van der Waals surface area contributed by atoms with Crippen LogP contribution in [0.25, 0.3) is 0 Å². The minimum atomic E-state index is 0.0142. The maximum atomic E-state index is 11.9. The summed E-state index contributed by atoms with van der Waals surface area (Å²) in [7, 11) is 0. The van der Waals surface area contributed by atoms with Crippen LogP contribution in [-0.2, 0) is 4.79 Å². The van der Waals surface area contributed by atoms with Gasteiger partial charge in [0, 0.05) is 11.5 Å². The molecule has 1 aromatic heterocycles. The summed E-state index contributed by atoms with van der Waals surface area (Å²) < 4.78 is 0. The maximum absolute atomic E-state index is 11.9. The summed E-state index contributed by atoms with van der Waals surface area (Å²) >= 11 is 1.61. The van der Waals surface area contributed by atoms with Gasteiger partial charge >= 0.3 is 0 Å². The normalized spacial score (nSPS) is 21.5. The number of hydrogen-bond acceptors (Lipinski definition) is 3. The average Bonchev–Trinajstić information content (AvgIpc) is 3.09. The largest absolute Gasteiger partial charge is 0.273 e. The highest BCUT2D eigenvalue weighted by molar-refractivity contribution is 7.08. The number of carbonyl (C=O) groups is 1. The third kappa shape index (κ3) is 2.90. The SMILES string of the molecule is O=C(N/N=C\c1ccsc1)[C@@H]1C[C@H]1c1ccccc1. The summed E-state index contributed by atoms with van der Waals surface area (Å²) in [6.07, 6.45) is 2.60. The van der Waals surface area contributed by atoms with Crippen LogP contribution in [0.1, 0.15) is 23.5 Å². The van der Waals surface area contributed by atoms with E-state index >= 15 is 0 Å². The fourth-order valence-electron chi connectivity index (χ4n) is 2.16. The van der Waals surface area contributed by atoms with Crippen molar-refractivity contribution < 1.29 is 4.79 Å². The molecule has 3 rings (SSSR count). The number of rotatable bonds is 4. The van der Waals surface area contributed by atoms with Gasteiger partial charge in [-0.05, 0) is 34.7 Å². The molecule has 4 heteroatoms. The summed E-state index contributed by atoms with van der Waals surface area (Å²) in [5, 5.41) is 7.95.